The molecule has 0 atom stereocenters. The monoisotopic (exact) mass is 379 g/mol. The van der Waals surface area contributed by atoms with Gasteiger partial charge in [0.1, 0.15) is 0 Å². The SMILES string of the molecule is O=C(CNC(=O)c1ccc(S(=O)(=O)N2CCCC2)cc1)NC1CCCC1. The maximum Gasteiger partial charge on any atom is 0.251 e. The molecule has 1 heterocycles. The first kappa shape index (κ1) is 18.8. The summed E-state index contributed by atoms with van der Waals surface area (Å²) in [6.45, 7) is 1.00. The standard InChI is InChI=1S/C18H25N3O4S/c22-17(20-15-5-1-2-6-15)13-19-18(23)14-7-9-16(10-8-14)26(24,25)21-11-3-4-12-21/h7-10,15H,1-6,11-13H2,(H,19,23)(H,20,22). The second-order valence-corrected chi connectivity index (χ2v) is 8.81. The molecule has 2 aliphatic rings. The summed E-state index contributed by atoms with van der Waals surface area (Å²) in [5, 5.41) is 5.48. The van der Waals surface area contributed by atoms with E-state index in [4.69, 9.17) is 0 Å². The minimum atomic E-state index is -3.48. The van der Waals surface area contributed by atoms with Gasteiger partial charge in [-0.15, -0.1) is 0 Å². The van der Waals surface area contributed by atoms with E-state index in [1.54, 1.807) is 0 Å². The van der Waals surface area contributed by atoms with Gasteiger partial charge in [0.2, 0.25) is 15.9 Å². The molecule has 0 radical (unpaired) electrons. The van der Waals surface area contributed by atoms with Gasteiger partial charge in [-0.2, -0.15) is 4.31 Å². The number of carbonyl (C=O) groups excluding carboxylic acids is 2. The zero-order chi connectivity index (χ0) is 18.6. The molecule has 2 amide bonds. The van der Waals surface area contributed by atoms with Crippen molar-refractivity contribution in [3.63, 3.8) is 0 Å². The van der Waals surface area contributed by atoms with E-state index in [0.717, 1.165) is 38.5 Å². The second kappa shape index (κ2) is 8.18. The summed E-state index contributed by atoms with van der Waals surface area (Å²) < 4.78 is 26.4. The lowest BCUT2D eigenvalue weighted by molar-refractivity contribution is -0.120. The van der Waals surface area contributed by atoms with Crippen molar-refractivity contribution in [3.8, 4) is 0 Å². The summed E-state index contributed by atoms with van der Waals surface area (Å²) in [5.74, 6) is -0.588. The van der Waals surface area contributed by atoms with Crippen molar-refractivity contribution < 1.29 is 18.0 Å². The molecule has 1 aromatic carbocycles. The lowest BCUT2D eigenvalue weighted by Gasteiger charge is -2.15. The second-order valence-electron chi connectivity index (χ2n) is 6.87. The maximum atomic E-state index is 12.5. The molecule has 0 unspecified atom stereocenters. The third-order valence-corrected chi connectivity index (χ3v) is 6.86. The third-order valence-electron chi connectivity index (χ3n) is 4.95. The van der Waals surface area contributed by atoms with Gasteiger partial charge in [-0.1, -0.05) is 12.8 Å². The first-order valence-corrected chi connectivity index (χ1v) is 10.6. The predicted molar refractivity (Wildman–Crippen MR) is 97.2 cm³/mol. The Morgan fingerprint density at radius 1 is 1.00 bits per heavy atom. The number of amides is 2. The first-order chi connectivity index (χ1) is 12.5. The van der Waals surface area contributed by atoms with Crippen LogP contribution in [-0.4, -0.2) is 50.2 Å². The fraction of sp³-hybridized carbons (Fsp3) is 0.556. The number of rotatable bonds is 6. The Bertz CT molecular complexity index is 749. The molecule has 1 aromatic rings. The number of sulfonamides is 1. The molecular formula is C18H25N3O4S. The van der Waals surface area contributed by atoms with Crippen molar-refractivity contribution in [1.29, 1.82) is 0 Å². The fourth-order valence-electron chi connectivity index (χ4n) is 3.47. The Hall–Kier alpha value is -1.93. The molecule has 8 heteroatoms. The molecule has 3 rings (SSSR count). The van der Waals surface area contributed by atoms with Crippen LogP contribution in [0.1, 0.15) is 48.9 Å². The number of nitrogens with one attached hydrogen (secondary N) is 2. The summed E-state index contributed by atoms with van der Waals surface area (Å²) in [6.07, 6.45) is 6.00. The van der Waals surface area contributed by atoms with E-state index in [2.05, 4.69) is 10.6 Å². The van der Waals surface area contributed by atoms with E-state index in [0.29, 0.717) is 18.7 Å². The Labute approximate surface area is 154 Å². The average Bonchev–Trinajstić information content (AvgIpc) is 3.34. The third kappa shape index (κ3) is 4.42. The van der Waals surface area contributed by atoms with E-state index in [-0.39, 0.29) is 23.4 Å². The molecule has 0 aromatic heterocycles. The molecule has 2 N–H and O–H groups in total. The lowest BCUT2D eigenvalue weighted by atomic mass is 10.2. The van der Waals surface area contributed by atoms with Crippen molar-refractivity contribution in [1.82, 2.24) is 14.9 Å². The van der Waals surface area contributed by atoms with Gasteiger partial charge >= 0.3 is 0 Å². The van der Waals surface area contributed by atoms with Gasteiger partial charge in [0, 0.05) is 24.7 Å². The van der Waals surface area contributed by atoms with E-state index in [1.165, 1.54) is 28.6 Å². The van der Waals surface area contributed by atoms with Crippen molar-refractivity contribution >= 4 is 21.8 Å². The molecule has 26 heavy (non-hydrogen) atoms. The smallest absolute Gasteiger partial charge is 0.251 e. The van der Waals surface area contributed by atoms with Crippen molar-refractivity contribution in [2.24, 2.45) is 0 Å². The zero-order valence-electron chi connectivity index (χ0n) is 14.7. The molecule has 0 bridgehead atoms. The average molecular weight is 379 g/mol. The Morgan fingerprint density at radius 3 is 2.23 bits per heavy atom. The minimum Gasteiger partial charge on any atom is -0.352 e. The van der Waals surface area contributed by atoms with Crippen LogP contribution >= 0.6 is 0 Å². The minimum absolute atomic E-state index is 0.0802. The van der Waals surface area contributed by atoms with Crippen LogP contribution in [0, 0.1) is 0 Å². The fourth-order valence-corrected chi connectivity index (χ4v) is 4.98. The van der Waals surface area contributed by atoms with Crippen molar-refractivity contribution in [2.75, 3.05) is 19.6 Å². The highest BCUT2D eigenvalue weighted by Gasteiger charge is 2.27. The van der Waals surface area contributed by atoms with Gasteiger partial charge in [0.15, 0.2) is 0 Å². The van der Waals surface area contributed by atoms with Gasteiger partial charge in [0.05, 0.1) is 11.4 Å². The molecule has 142 valence electrons. The van der Waals surface area contributed by atoms with E-state index < -0.39 is 15.9 Å². The van der Waals surface area contributed by atoms with Crippen molar-refractivity contribution in [3.05, 3.63) is 29.8 Å². The van der Waals surface area contributed by atoms with Gasteiger partial charge in [-0.05, 0) is 49.9 Å². The molecule has 1 aliphatic heterocycles. The molecule has 2 fully saturated rings. The predicted octanol–water partition coefficient (Wildman–Crippen LogP) is 1.26. The van der Waals surface area contributed by atoms with Crippen LogP contribution in [0.25, 0.3) is 0 Å². The molecular weight excluding hydrogens is 354 g/mol. The van der Waals surface area contributed by atoms with Gasteiger partial charge in [0.25, 0.3) is 5.91 Å². The van der Waals surface area contributed by atoms with Crippen LogP contribution in [0.4, 0.5) is 0 Å². The quantitative estimate of drug-likeness (QED) is 0.778. The van der Waals surface area contributed by atoms with Crippen LogP contribution in [0.15, 0.2) is 29.2 Å². The highest BCUT2D eigenvalue weighted by molar-refractivity contribution is 7.89. The number of carbonyl (C=O) groups is 2. The summed E-state index contributed by atoms with van der Waals surface area (Å²) >= 11 is 0. The summed E-state index contributed by atoms with van der Waals surface area (Å²) in [6, 6.07) is 6.07. The van der Waals surface area contributed by atoms with E-state index >= 15 is 0 Å². The van der Waals surface area contributed by atoms with Crippen LogP contribution in [0.5, 0.6) is 0 Å². The Kier molecular flexibility index (Phi) is 5.93. The topological polar surface area (TPSA) is 95.6 Å². The number of nitrogens with zero attached hydrogens (tertiary/aromatic N) is 1. The largest absolute Gasteiger partial charge is 0.352 e. The normalized spacial score (nSPS) is 18.8. The van der Waals surface area contributed by atoms with Crippen LogP contribution in [-0.2, 0) is 14.8 Å². The van der Waals surface area contributed by atoms with Gasteiger partial charge in [-0.3, -0.25) is 9.59 Å². The molecule has 0 spiro atoms. The first-order valence-electron chi connectivity index (χ1n) is 9.14. The van der Waals surface area contributed by atoms with Crippen LogP contribution < -0.4 is 10.6 Å². The Balaban J connectivity index is 1.54. The van der Waals surface area contributed by atoms with Crippen LogP contribution in [0.2, 0.25) is 0 Å². The highest BCUT2D eigenvalue weighted by Crippen LogP contribution is 2.21. The Morgan fingerprint density at radius 2 is 1.62 bits per heavy atom. The summed E-state index contributed by atoms with van der Waals surface area (Å²) in [4.78, 5) is 24.2. The van der Waals surface area contributed by atoms with Gasteiger partial charge < -0.3 is 10.6 Å². The summed E-state index contributed by atoms with van der Waals surface area (Å²) in [7, 11) is -3.48. The highest BCUT2D eigenvalue weighted by atomic mass is 32.2. The number of benzene rings is 1. The molecule has 1 saturated heterocycles. The van der Waals surface area contributed by atoms with Gasteiger partial charge in [-0.25, -0.2) is 8.42 Å². The van der Waals surface area contributed by atoms with Crippen LogP contribution in [0.3, 0.4) is 0 Å². The number of hydrogen-bond donors (Lipinski definition) is 2. The van der Waals surface area contributed by atoms with E-state index in [1.807, 2.05) is 0 Å². The summed E-state index contributed by atoms with van der Waals surface area (Å²) in [5.41, 5.74) is 0.332. The molecule has 1 saturated carbocycles. The zero-order valence-corrected chi connectivity index (χ0v) is 15.6. The van der Waals surface area contributed by atoms with E-state index in [9.17, 15) is 18.0 Å². The lowest BCUT2D eigenvalue weighted by Crippen LogP contribution is -2.40. The number of hydrogen-bond acceptors (Lipinski definition) is 4. The molecule has 1 aliphatic carbocycles. The van der Waals surface area contributed by atoms with Crippen molar-refractivity contribution in [2.45, 2.75) is 49.5 Å². The molecule has 7 nitrogen and oxygen atoms in total. The maximum absolute atomic E-state index is 12.5.